The molecule has 3 aliphatic rings. The van der Waals surface area contributed by atoms with E-state index in [-0.39, 0.29) is 35.2 Å². The third kappa shape index (κ3) is 7.83. The van der Waals surface area contributed by atoms with E-state index in [0.29, 0.717) is 5.82 Å². The lowest BCUT2D eigenvalue weighted by molar-refractivity contribution is -0.0504. The molecule has 0 amide bonds. The number of alkyl halides is 1. The van der Waals surface area contributed by atoms with Crippen molar-refractivity contribution < 1.29 is 41.1 Å². The maximum Gasteiger partial charge on any atom is 0.386 e. The highest BCUT2D eigenvalue weighted by Crippen LogP contribution is 2.59. The van der Waals surface area contributed by atoms with Gasteiger partial charge in [0.1, 0.15) is 42.7 Å². The average molecular weight is 781 g/mol. The number of nitrogens with zero attached hydrogens (tertiary/aromatic N) is 5. The van der Waals surface area contributed by atoms with Crippen LogP contribution in [0.4, 0.5) is 16.2 Å². The van der Waals surface area contributed by atoms with Gasteiger partial charge in [-0.2, -0.15) is 4.98 Å². The largest absolute Gasteiger partial charge is 0.408 e. The first-order valence-corrected chi connectivity index (χ1v) is 23.6. The van der Waals surface area contributed by atoms with E-state index in [2.05, 4.69) is 42.5 Å². The van der Waals surface area contributed by atoms with Gasteiger partial charge in [-0.25, -0.2) is 23.9 Å². The number of nitrogens with two attached hydrogens (primary N) is 1. The minimum absolute atomic E-state index is 0.0290. The molecule has 49 heavy (non-hydrogen) atoms. The summed E-state index contributed by atoms with van der Waals surface area (Å²) in [6, 6.07) is 0.737. The second kappa shape index (κ2) is 13.6. The van der Waals surface area contributed by atoms with Crippen LogP contribution in [0.1, 0.15) is 33.4 Å². The normalized spacial score (nSPS) is 36.1. The Morgan fingerprint density at radius 3 is 2.69 bits per heavy atom. The summed E-state index contributed by atoms with van der Waals surface area (Å²) in [7, 11) is -2.63. The lowest BCUT2D eigenvalue weighted by Gasteiger charge is -2.40. The molecule has 3 aromatic heterocycles. The van der Waals surface area contributed by atoms with Crippen LogP contribution in [0.3, 0.4) is 0 Å². The molecule has 0 spiro atoms. The molecule has 270 valence electrons. The smallest absolute Gasteiger partial charge is 0.386 e. The van der Waals surface area contributed by atoms with Crippen molar-refractivity contribution in [1.82, 2.24) is 29.5 Å². The minimum atomic E-state index is -4.27. The number of imidazole rings is 1. The van der Waals surface area contributed by atoms with Gasteiger partial charge in [-0.15, -0.1) is 0 Å². The van der Waals surface area contributed by atoms with Gasteiger partial charge in [0.25, 0.3) is 5.56 Å². The van der Waals surface area contributed by atoms with Gasteiger partial charge in [-0.3, -0.25) is 27.9 Å². The molecule has 3 aromatic rings. The zero-order valence-electron chi connectivity index (χ0n) is 27.2. The van der Waals surface area contributed by atoms with Crippen molar-refractivity contribution in [3.8, 4) is 0 Å². The van der Waals surface area contributed by atoms with Crippen LogP contribution in [0.15, 0.2) is 29.7 Å². The van der Waals surface area contributed by atoms with E-state index in [1.165, 1.54) is 23.4 Å². The van der Waals surface area contributed by atoms with Crippen LogP contribution in [-0.4, -0.2) is 92.5 Å². The summed E-state index contributed by atoms with van der Waals surface area (Å²) in [5.41, 5.74) is 5.31. The Kier molecular flexibility index (Phi) is 10.2. The zero-order valence-corrected chi connectivity index (χ0v) is 31.7. The van der Waals surface area contributed by atoms with Gasteiger partial charge < -0.3 is 29.6 Å². The van der Waals surface area contributed by atoms with Crippen molar-refractivity contribution in [3.05, 3.63) is 35.3 Å². The first-order chi connectivity index (χ1) is 22.8. The standard InChI is InChI=1S/C26H39FN8O9P2S2Si/c1-26(2,3)49(4,5)44-20-15-10-40-46(38,48)42-19-13(8-14(17(19)27)32-16-6-7-29-11-30-16)9-39-45(37,47)43-21(20)24(41-15)35-12-31-18-22(35)33-25(28)34-23(18)36/h6-7,11-15,17,19-21,24H,8-10H2,1-5H3,(H,37,47)(H,38,48)(H,29,30,32)(H3,28,33,34,36)/t13-,14-,15-,17-,19-,20-,21-,24-,45+,46-/m1/s1. The van der Waals surface area contributed by atoms with Gasteiger partial charge in [-0.1, -0.05) is 33.0 Å². The molecule has 3 fully saturated rings. The molecule has 5 heterocycles. The van der Waals surface area contributed by atoms with E-state index < -0.39 is 82.8 Å². The molecule has 23 heteroatoms. The molecule has 2 saturated heterocycles. The topological polar surface area (TPSA) is 220 Å². The molecule has 17 nitrogen and oxygen atoms in total. The molecule has 2 bridgehead atoms. The predicted octanol–water partition coefficient (Wildman–Crippen LogP) is 3.69. The fourth-order valence-electron chi connectivity index (χ4n) is 5.78. The van der Waals surface area contributed by atoms with Crippen LogP contribution >= 0.6 is 25.8 Å². The van der Waals surface area contributed by atoms with E-state index in [9.17, 15) is 14.3 Å². The number of thiol groups is 1. The highest BCUT2D eigenvalue weighted by Gasteiger charge is 2.55. The summed E-state index contributed by atoms with van der Waals surface area (Å²) >= 11 is 9.72. The van der Waals surface area contributed by atoms with Crippen LogP contribution in [-0.2, 0) is 43.6 Å². The van der Waals surface area contributed by atoms with Crippen LogP contribution < -0.4 is 16.6 Å². The summed E-state index contributed by atoms with van der Waals surface area (Å²) in [4.78, 5) is 42.9. The van der Waals surface area contributed by atoms with Gasteiger partial charge in [0.2, 0.25) is 5.95 Å². The SMILES string of the molecule is CC(C)(C)[Si](C)(C)O[C@H]1[C@H]2O[P@@](O)(=S)OC[C@H]3C[C@@H](Nc4ccncn4)[C@@H](F)[C@@H]3O[P@](=O)(S)OC[C@H]1O[C@H]2n1cnc2c(=O)[nH]c(N)nc21. The Hall–Kier alpha value is -1.87. The molecule has 10 atom stereocenters. The van der Waals surface area contributed by atoms with Crippen molar-refractivity contribution in [1.29, 1.82) is 0 Å². The van der Waals surface area contributed by atoms with E-state index in [1.54, 1.807) is 6.07 Å². The monoisotopic (exact) mass is 780 g/mol. The van der Waals surface area contributed by atoms with E-state index in [4.69, 9.17) is 44.8 Å². The van der Waals surface area contributed by atoms with Crippen molar-refractivity contribution in [2.75, 3.05) is 24.3 Å². The summed E-state index contributed by atoms with van der Waals surface area (Å²) in [6.07, 6.45) is -3.18. The molecule has 0 unspecified atom stereocenters. The number of H-pyrrole nitrogens is 1. The van der Waals surface area contributed by atoms with Gasteiger partial charge >= 0.3 is 13.5 Å². The number of rotatable bonds is 5. The van der Waals surface area contributed by atoms with E-state index >= 15 is 4.39 Å². The van der Waals surface area contributed by atoms with Crippen LogP contribution in [0.25, 0.3) is 11.2 Å². The number of halogens is 1. The van der Waals surface area contributed by atoms with Gasteiger partial charge in [0.15, 0.2) is 25.7 Å². The Bertz CT molecular complexity index is 1840. The highest BCUT2D eigenvalue weighted by molar-refractivity contribution is 8.44. The fraction of sp³-hybridized carbons (Fsp3) is 0.654. The van der Waals surface area contributed by atoms with E-state index in [1.807, 2.05) is 33.9 Å². The Morgan fingerprint density at radius 1 is 1.24 bits per heavy atom. The van der Waals surface area contributed by atoms with Crippen LogP contribution in [0.5, 0.6) is 0 Å². The molecule has 1 saturated carbocycles. The molecule has 6 rings (SSSR count). The molecular weight excluding hydrogens is 741 g/mol. The van der Waals surface area contributed by atoms with Crippen LogP contribution in [0, 0.1) is 5.92 Å². The van der Waals surface area contributed by atoms with Crippen molar-refractivity contribution in [2.45, 2.75) is 88.2 Å². The Labute approximate surface area is 292 Å². The summed E-state index contributed by atoms with van der Waals surface area (Å²) < 4.78 is 68.0. The highest BCUT2D eigenvalue weighted by atomic mass is 32.7. The van der Waals surface area contributed by atoms with Crippen molar-refractivity contribution >= 4 is 68.8 Å². The number of ether oxygens (including phenoxy) is 1. The molecule has 1 aliphatic carbocycles. The lowest BCUT2D eigenvalue weighted by atomic mass is 10.1. The Balaban J connectivity index is 1.37. The number of anilines is 2. The maximum atomic E-state index is 16.0. The summed E-state index contributed by atoms with van der Waals surface area (Å²) in [5, 5.41) is 2.71. The predicted molar refractivity (Wildman–Crippen MR) is 186 cm³/mol. The van der Waals surface area contributed by atoms with Gasteiger partial charge in [-0.05, 0) is 42.4 Å². The molecular formula is C26H39FN8O9P2S2Si. The second-order valence-corrected chi connectivity index (χ2v) is 24.1. The molecule has 2 aliphatic heterocycles. The first-order valence-electron chi connectivity index (χ1n) is 15.4. The molecule has 5 N–H and O–H groups in total. The number of nitrogen functional groups attached to an aromatic ring is 1. The number of aromatic nitrogens is 6. The van der Waals surface area contributed by atoms with Crippen LogP contribution in [0.2, 0.25) is 18.1 Å². The quantitative estimate of drug-likeness (QED) is 0.142. The van der Waals surface area contributed by atoms with Crippen molar-refractivity contribution in [2.24, 2.45) is 5.92 Å². The molecule has 0 aromatic carbocycles. The number of hydrogen-bond donors (Lipinski definition) is 5. The van der Waals surface area contributed by atoms with Crippen molar-refractivity contribution in [3.63, 3.8) is 0 Å². The maximum absolute atomic E-state index is 16.0. The number of nitrogens with one attached hydrogen (secondary N) is 2. The first kappa shape index (κ1) is 36.9. The van der Waals surface area contributed by atoms with E-state index in [0.717, 1.165) is 0 Å². The average Bonchev–Trinajstić information content (AvgIpc) is 3.65. The van der Waals surface area contributed by atoms with Gasteiger partial charge in [0.05, 0.1) is 25.6 Å². The molecule has 0 radical (unpaired) electrons. The Morgan fingerprint density at radius 2 is 2.00 bits per heavy atom. The lowest BCUT2D eigenvalue weighted by Crippen LogP contribution is -2.50. The minimum Gasteiger partial charge on any atom is -0.408 e. The third-order valence-electron chi connectivity index (χ3n) is 9.25. The number of hydrogen-bond acceptors (Lipinski definition) is 15. The zero-order chi connectivity index (χ0) is 35.5. The number of fused-ring (bicyclic) bond motifs is 4. The summed E-state index contributed by atoms with van der Waals surface area (Å²) in [6.45, 7) is 0.952. The third-order valence-corrected chi connectivity index (χ3v) is 16.9. The van der Waals surface area contributed by atoms with Gasteiger partial charge in [0, 0.05) is 12.1 Å². The number of aromatic amines is 1. The second-order valence-electron chi connectivity index (χ2n) is 13.6. The summed E-state index contributed by atoms with van der Waals surface area (Å²) in [5.74, 6) is -0.562. The fourth-order valence-corrected chi connectivity index (χ4v) is 10.1.